The summed E-state index contributed by atoms with van der Waals surface area (Å²) < 4.78 is 5.42. The number of guanidine groups is 1. The first kappa shape index (κ1) is 29.1. The van der Waals surface area contributed by atoms with Gasteiger partial charge in [-0.3, -0.25) is 10.2 Å². The third-order valence-corrected chi connectivity index (χ3v) is 5.92. The van der Waals surface area contributed by atoms with Gasteiger partial charge in [-0.05, 0) is 43.9 Å². The molecule has 0 aliphatic heterocycles. The highest BCUT2D eigenvalue weighted by molar-refractivity contribution is 6.30. The van der Waals surface area contributed by atoms with Crippen molar-refractivity contribution in [1.82, 2.24) is 20.2 Å². The number of hydrogen-bond donors (Lipinski definition) is 6. The molecule has 36 heavy (non-hydrogen) atoms. The first-order valence-electron chi connectivity index (χ1n) is 11.8. The van der Waals surface area contributed by atoms with Gasteiger partial charge in [0.2, 0.25) is 0 Å². The van der Waals surface area contributed by atoms with Gasteiger partial charge in [0.05, 0.1) is 12.3 Å². The monoisotopic (exact) mass is 521 g/mol. The van der Waals surface area contributed by atoms with E-state index < -0.39 is 12.0 Å². The van der Waals surface area contributed by atoms with Crippen LogP contribution in [0.1, 0.15) is 47.9 Å². The number of benzene rings is 1. The molecule has 0 aliphatic rings. The molecule has 2 aromatic rings. The van der Waals surface area contributed by atoms with Crippen LogP contribution in [0.3, 0.4) is 0 Å². The van der Waals surface area contributed by atoms with E-state index in [2.05, 4.69) is 15.3 Å². The smallest absolute Gasteiger partial charge is 0.273 e. The lowest BCUT2D eigenvalue weighted by atomic mass is 10.1. The quantitative estimate of drug-likeness (QED) is 0.158. The molecule has 0 spiro atoms. The summed E-state index contributed by atoms with van der Waals surface area (Å²) in [5.41, 5.74) is 13.2. The van der Waals surface area contributed by atoms with Crippen LogP contribution < -0.4 is 21.5 Å². The third kappa shape index (κ3) is 8.81. The van der Waals surface area contributed by atoms with Gasteiger partial charge in [-0.2, -0.15) is 0 Å². The molecule has 1 aromatic heterocycles. The molecular weight excluding hydrogens is 486 g/mol. The van der Waals surface area contributed by atoms with Gasteiger partial charge in [0.1, 0.15) is 18.5 Å². The van der Waals surface area contributed by atoms with Crippen molar-refractivity contribution in [2.24, 2.45) is 5.73 Å². The summed E-state index contributed by atoms with van der Waals surface area (Å²) in [6, 6.07) is 7.30. The van der Waals surface area contributed by atoms with Crippen LogP contribution in [0.25, 0.3) is 0 Å². The van der Waals surface area contributed by atoms with Crippen LogP contribution in [0.5, 0.6) is 5.75 Å². The number of carbonyl (C=O) groups is 1. The van der Waals surface area contributed by atoms with Gasteiger partial charge in [-0.1, -0.05) is 37.1 Å². The number of amides is 1. The molecule has 0 aliphatic carbocycles. The summed E-state index contributed by atoms with van der Waals surface area (Å²) in [6.45, 7) is 4.14. The molecule has 0 radical (unpaired) electrons. The van der Waals surface area contributed by atoms with E-state index in [1.165, 1.54) is 0 Å². The number of nitrogen functional groups attached to an aromatic ring is 1. The average Bonchev–Trinajstić information content (AvgIpc) is 2.85. The highest BCUT2D eigenvalue weighted by Gasteiger charge is 2.22. The minimum atomic E-state index is -0.914. The van der Waals surface area contributed by atoms with Crippen LogP contribution in [0.15, 0.2) is 24.3 Å². The summed E-state index contributed by atoms with van der Waals surface area (Å²) in [6.07, 6.45) is 2.14. The summed E-state index contributed by atoms with van der Waals surface area (Å²) in [5, 5.41) is 29.3. The Morgan fingerprint density at radius 1 is 1.31 bits per heavy atom. The maximum Gasteiger partial charge on any atom is 0.273 e. The van der Waals surface area contributed by atoms with Crippen molar-refractivity contribution < 1.29 is 19.7 Å². The molecule has 1 aromatic carbocycles. The number of halogens is 1. The Labute approximate surface area is 216 Å². The summed E-state index contributed by atoms with van der Waals surface area (Å²) >= 11 is 6.00. The molecule has 0 saturated heterocycles. The van der Waals surface area contributed by atoms with Gasteiger partial charge >= 0.3 is 0 Å². The Bertz CT molecular complexity index is 1010. The second kappa shape index (κ2) is 14.4. The molecule has 1 heterocycles. The lowest BCUT2D eigenvalue weighted by molar-refractivity contribution is 0.0536. The van der Waals surface area contributed by atoms with Crippen LogP contribution in [-0.2, 0) is 6.42 Å². The predicted molar refractivity (Wildman–Crippen MR) is 139 cm³/mol. The van der Waals surface area contributed by atoms with Crippen molar-refractivity contribution in [2.45, 2.75) is 51.7 Å². The molecule has 0 fully saturated rings. The van der Waals surface area contributed by atoms with E-state index in [1.54, 1.807) is 11.8 Å². The summed E-state index contributed by atoms with van der Waals surface area (Å²) in [7, 11) is 0. The Balaban J connectivity index is 1.94. The van der Waals surface area contributed by atoms with Gasteiger partial charge in [-0.25, -0.2) is 9.97 Å². The predicted octanol–water partition coefficient (Wildman–Crippen LogP) is 1.48. The standard InChI is InChI=1S/C24H36ClN7O4/c1-3-5-17(12-29-23(35)20-22(26)30-15(2)21(25)31-20)32(24(27)28)11-4-6-16-7-9-19(10-8-16)36-14-18(34)13-33/h7-10,17-18,33-34H,3-6,11-14H2,1-2H3,(H2,26,30)(H3,27,28)(H,29,35). The van der Waals surface area contributed by atoms with E-state index in [1.807, 2.05) is 31.2 Å². The number of aliphatic hydroxyl groups excluding tert-OH is 2. The van der Waals surface area contributed by atoms with Crippen LogP contribution in [0.2, 0.25) is 5.15 Å². The molecule has 2 unspecified atom stereocenters. The van der Waals surface area contributed by atoms with Crippen LogP contribution in [0, 0.1) is 12.3 Å². The fourth-order valence-corrected chi connectivity index (χ4v) is 3.76. The molecule has 11 nitrogen and oxygen atoms in total. The van der Waals surface area contributed by atoms with E-state index in [-0.39, 0.29) is 48.4 Å². The zero-order chi connectivity index (χ0) is 26.7. The van der Waals surface area contributed by atoms with Gasteiger partial charge in [0, 0.05) is 19.1 Å². The molecular formula is C24H36ClN7O4. The van der Waals surface area contributed by atoms with E-state index in [0.717, 1.165) is 31.2 Å². The van der Waals surface area contributed by atoms with Crippen molar-refractivity contribution in [3.05, 3.63) is 46.4 Å². The Morgan fingerprint density at radius 2 is 2.00 bits per heavy atom. The molecule has 0 saturated carbocycles. The first-order chi connectivity index (χ1) is 17.2. The number of nitrogens with one attached hydrogen (secondary N) is 2. The van der Waals surface area contributed by atoms with E-state index in [0.29, 0.717) is 18.0 Å². The number of rotatable bonds is 14. The maximum absolute atomic E-state index is 12.7. The fraction of sp³-hybridized carbons (Fsp3) is 0.500. The highest BCUT2D eigenvalue weighted by atomic mass is 35.5. The molecule has 2 rings (SSSR count). The van der Waals surface area contributed by atoms with Crippen LogP contribution in [0.4, 0.5) is 5.82 Å². The maximum atomic E-state index is 12.7. The number of anilines is 1. The van der Waals surface area contributed by atoms with Crippen molar-refractivity contribution in [3.63, 3.8) is 0 Å². The van der Waals surface area contributed by atoms with E-state index in [4.69, 9.17) is 38.3 Å². The zero-order valence-corrected chi connectivity index (χ0v) is 21.5. The van der Waals surface area contributed by atoms with E-state index >= 15 is 0 Å². The third-order valence-electron chi connectivity index (χ3n) is 5.57. The van der Waals surface area contributed by atoms with Crippen molar-refractivity contribution in [1.29, 1.82) is 5.41 Å². The number of nitrogens with zero attached hydrogens (tertiary/aromatic N) is 3. The van der Waals surface area contributed by atoms with Gasteiger partial charge < -0.3 is 36.6 Å². The van der Waals surface area contributed by atoms with Crippen molar-refractivity contribution in [2.75, 3.05) is 32.0 Å². The minimum Gasteiger partial charge on any atom is -0.491 e. The number of ether oxygens (including phenoxy) is 1. The molecule has 1 amide bonds. The topological polar surface area (TPSA) is 184 Å². The number of aliphatic hydroxyl groups is 2. The number of carbonyl (C=O) groups excluding carboxylic acids is 1. The molecule has 2 atom stereocenters. The Hall–Kier alpha value is -3.15. The molecule has 8 N–H and O–H groups in total. The number of aromatic nitrogens is 2. The number of aryl methyl sites for hydroxylation is 2. The zero-order valence-electron chi connectivity index (χ0n) is 20.7. The summed E-state index contributed by atoms with van der Waals surface area (Å²) in [4.78, 5) is 22.5. The van der Waals surface area contributed by atoms with E-state index in [9.17, 15) is 9.90 Å². The number of hydrogen-bond acceptors (Lipinski definition) is 8. The largest absolute Gasteiger partial charge is 0.491 e. The minimum absolute atomic E-state index is 0.00543. The Morgan fingerprint density at radius 3 is 2.61 bits per heavy atom. The Kier molecular flexibility index (Phi) is 11.6. The molecule has 0 bridgehead atoms. The second-order valence-electron chi connectivity index (χ2n) is 8.46. The normalized spacial score (nSPS) is 12.6. The van der Waals surface area contributed by atoms with Crippen LogP contribution >= 0.6 is 11.6 Å². The molecule has 198 valence electrons. The van der Waals surface area contributed by atoms with Crippen molar-refractivity contribution in [3.8, 4) is 5.75 Å². The van der Waals surface area contributed by atoms with Gasteiger partial charge in [0.15, 0.2) is 22.6 Å². The number of nitrogens with two attached hydrogens (primary N) is 2. The lowest BCUT2D eigenvalue weighted by Crippen LogP contribution is -2.50. The lowest BCUT2D eigenvalue weighted by Gasteiger charge is -2.32. The summed E-state index contributed by atoms with van der Waals surface area (Å²) in [5.74, 6) is 0.0632. The van der Waals surface area contributed by atoms with Crippen molar-refractivity contribution >= 4 is 29.3 Å². The molecule has 12 heteroatoms. The highest BCUT2D eigenvalue weighted by Crippen LogP contribution is 2.16. The van der Waals surface area contributed by atoms with Crippen LogP contribution in [-0.4, -0.2) is 75.4 Å². The van der Waals surface area contributed by atoms with Gasteiger partial charge in [0.25, 0.3) is 5.91 Å². The fourth-order valence-electron chi connectivity index (χ4n) is 3.63. The first-order valence-corrected chi connectivity index (χ1v) is 12.2. The SMILES string of the molecule is CCCC(CNC(=O)c1nc(Cl)c(C)nc1N)N(CCCc1ccc(OCC(O)CO)cc1)C(=N)N. The second-order valence-corrected chi connectivity index (χ2v) is 8.82. The average molecular weight is 522 g/mol. The van der Waals surface area contributed by atoms with Gasteiger partial charge in [-0.15, -0.1) is 0 Å².